The van der Waals surface area contributed by atoms with Crippen molar-refractivity contribution in [2.75, 3.05) is 0 Å². The van der Waals surface area contributed by atoms with Crippen LogP contribution in [0.3, 0.4) is 0 Å². The molecule has 24 heavy (non-hydrogen) atoms. The summed E-state index contributed by atoms with van der Waals surface area (Å²) < 4.78 is 0. The van der Waals surface area contributed by atoms with Crippen molar-refractivity contribution in [1.82, 2.24) is 0 Å². The Labute approximate surface area is 241 Å². The Balaban J connectivity index is -0.000000301. The van der Waals surface area contributed by atoms with Crippen molar-refractivity contribution < 1.29 is 0 Å². The van der Waals surface area contributed by atoms with E-state index in [1.807, 2.05) is 0 Å². The van der Waals surface area contributed by atoms with E-state index in [1.54, 1.807) is 0 Å². The van der Waals surface area contributed by atoms with Crippen molar-refractivity contribution in [3.05, 3.63) is 46.6 Å². The molecule has 0 nitrogen and oxygen atoms in total. The first-order valence-corrected chi connectivity index (χ1v) is 7.99. The van der Waals surface area contributed by atoms with E-state index in [2.05, 4.69) is 65.8 Å². The summed E-state index contributed by atoms with van der Waals surface area (Å²) in [5.74, 6) is 0. The Hall–Kier alpha value is 2.96. The van der Waals surface area contributed by atoms with Crippen LogP contribution in [-0.2, 0) is 0 Å². The van der Waals surface area contributed by atoms with E-state index in [4.69, 9.17) is 0 Å². The van der Waals surface area contributed by atoms with E-state index in [0.29, 0.717) is 0 Å². The molecule has 0 amide bonds. The third kappa shape index (κ3) is 29.7. The van der Waals surface area contributed by atoms with Gasteiger partial charge in [0.15, 0.2) is 0 Å². The molecule has 0 aromatic rings. The van der Waals surface area contributed by atoms with Gasteiger partial charge in [-0.3, -0.25) is 0 Å². The Morgan fingerprint density at radius 1 is 0.458 bits per heavy atom. The van der Waals surface area contributed by atoms with Crippen LogP contribution in [0.25, 0.3) is 0 Å². The van der Waals surface area contributed by atoms with Gasteiger partial charge < -0.3 is 0 Å². The van der Waals surface area contributed by atoms with Gasteiger partial charge in [-0.1, -0.05) is 46.6 Å². The first-order chi connectivity index (χ1) is 9.41. The van der Waals surface area contributed by atoms with Crippen LogP contribution in [0.5, 0.6) is 0 Å². The molecule has 0 bridgehead atoms. The van der Waals surface area contributed by atoms with Crippen LogP contribution in [0.1, 0.15) is 80.1 Å². The zero-order chi connectivity index (χ0) is 15.4. The summed E-state index contributed by atoms with van der Waals surface area (Å²) in [4.78, 5) is 0. The molecule has 0 aliphatic rings. The van der Waals surface area contributed by atoms with Gasteiger partial charge in [-0.25, -0.2) is 0 Å². The topological polar surface area (TPSA) is 0 Å². The predicted molar refractivity (Wildman–Crippen MR) is 123 cm³/mol. The van der Waals surface area contributed by atoms with Crippen LogP contribution in [0.2, 0.25) is 0 Å². The molecule has 0 saturated heterocycles. The molecule has 0 unspecified atom stereocenters. The van der Waals surface area contributed by atoms with Gasteiger partial charge in [-0.05, 0) is 80.1 Å². The summed E-state index contributed by atoms with van der Waals surface area (Å²) in [6.07, 6.45) is 16.6. The monoisotopic (exact) mass is 370 g/mol. The Bertz CT molecular complexity index is 344. The van der Waals surface area contributed by atoms with Crippen molar-refractivity contribution in [1.29, 1.82) is 0 Å². The minimum atomic E-state index is 0. The Morgan fingerprint density at radius 3 is 1.00 bits per heavy atom. The minimum absolute atomic E-state index is 0. The van der Waals surface area contributed by atoms with E-state index >= 15 is 0 Å². The zero-order valence-electron chi connectivity index (χ0n) is 14.6. The molecular formula is C20H38Na4. The molecule has 0 aromatic carbocycles. The molecule has 0 aromatic heterocycles. The second-order valence-corrected chi connectivity index (χ2v) is 6.32. The molecule has 0 saturated carbocycles. The van der Waals surface area contributed by atoms with Gasteiger partial charge >= 0.3 is 118 Å². The van der Waals surface area contributed by atoms with Gasteiger partial charge in [0, 0.05) is 0 Å². The molecule has 0 rings (SSSR count). The summed E-state index contributed by atoms with van der Waals surface area (Å²) in [7, 11) is 0. The second kappa shape index (κ2) is 26.0. The summed E-state index contributed by atoms with van der Waals surface area (Å²) in [5.41, 5.74) is 5.90. The van der Waals surface area contributed by atoms with E-state index in [-0.39, 0.29) is 118 Å². The van der Waals surface area contributed by atoms with Gasteiger partial charge in [0.2, 0.25) is 0 Å². The number of unbranched alkanes of at least 4 members (excludes halogenated alkanes) is 1. The third-order valence-corrected chi connectivity index (χ3v) is 3.33. The van der Waals surface area contributed by atoms with Crippen LogP contribution in [0, 0.1) is 0 Å². The number of hydrogen-bond acceptors (Lipinski definition) is 0. The first kappa shape index (κ1) is 37.7. The van der Waals surface area contributed by atoms with Crippen molar-refractivity contribution in [2.45, 2.75) is 80.1 Å². The Kier molecular flexibility index (Phi) is 40.8. The third-order valence-electron chi connectivity index (χ3n) is 3.33. The normalized spacial score (nSPS) is 10.2. The fraction of sp³-hybridized carbons (Fsp3) is 0.600. The molecule has 0 fully saturated rings. The molecule has 0 aliphatic carbocycles. The van der Waals surface area contributed by atoms with Crippen LogP contribution in [0.4, 0.5) is 0 Å². The predicted octanol–water partition coefficient (Wildman–Crippen LogP) is 4.56. The average Bonchev–Trinajstić information content (AvgIpc) is 2.33. The molecule has 0 spiro atoms. The van der Waals surface area contributed by atoms with Crippen molar-refractivity contribution in [3.8, 4) is 0 Å². The fourth-order valence-corrected chi connectivity index (χ4v) is 2.04. The fourth-order valence-electron chi connectivity index (χ4n) is 2.04. The maximum atomic E-state index is 2.40. The van der Waals surface area contributed by atoms with Crippen molar-refractivity contribution in [2.24, 2.45) is 0 Å². The number of rotatable bonds is 9. The van der Waals surface area contributed by atoms with Crippen LogP contribution >= 0.6 is 0 Å². The summed E-state index contributed by atoms with van der Waals surface area (Å²) in [5, 5.41) is 0. The quantitative estimate of drug-likeness (QED) is 0.317. The molecule has 122 valence electrons. The summed E-state index contributed by atoms with van der Waals surface area (Å²) in [6.45, 7) is 13.2. The SMILES string of the molecule is CC(C)=CCC/C(C)=C/CC/C=C(\C)CCC=C(C)C.[NaH].[NaH].[NaH].[NaH]. The molecule has 4 heteroatoms. The standard InChI is InChI=1S/C20H34.4Na.4H/c1-17(2)11-9-15-19(5)13-7-8-14-20(6)16-10-12-18(3)4;;;;;;;;/h11-14H,7-10,15-16H2,1-6H3;;;;;;;;/b19-13+,20-14+;;;;;;;;. The van der Waals surface area contributed by atoms with E-state index in [1.165, 1.54) is 60.8 Å². The van der Waals surface area contributed by atoms with E-state index < -0.39 is 0 Å². The van der Waals surface area contributed by atoms with Crippen molar-refractivity contribution >= 4 is 118 Å². The van der Waals surface area contributed by atoms with Crippen LogP contribution in [0.15, 0.2) is 46.6 Å². The molecule has 0 heterocycles. The first-order valence-electron chi connectivity index (χ1n) is 7.99. The second-order valence-electron chi connectivity index (χ2n) is 6.32. The van der Waals surface area contributed by atoms with Crippen molar-refractivity contribution in [3.63, 3.8) is 0 Å². The van der Waals surface area contributed by atoms with Gasteiger partial charge in [0.05, 0.1) is 0 Å². The van der Waals surface area contributed by atoms with Gasteiger partial charge in [0.1, 0.15) is 0 Å². The molecular weight excluding hydrogens is 332 g/mol. The van der Waals surface area contributed by atoms with E-state index in [9.17, 15) is 0 Å². The van der Waals surface area contributed by atoms with E-state index in [0.717, 1.165) is 0 Å². The average molecular weight is 370 g/mol. The number of allylic oxidation sites excluding steroid dienone is 8. The van der Waals surface area contributed by atoms with Crippen LogP contribution < -0.4 is 0 Å². The molecule has 0 aliphatic heterocycles. The van der Waals surface area contributed by atoms with Gasteiger partial charge in [-0.15, -0.1) is 0 Å². The van der Waals surface area contributed by atoms with Crippen LogP contribution in [-0.4, -0.2) is 118 Å². The summed E-state index contributed by atoms with van der Waals surface area (Å²) >= 11 is 0. The molecule has 0 N–H and O–H groups in total. The zero-order valence-corrected chi connectivity index (χ0v) is 14.6. The summed E-state index contributed by atoms with van der Waals surface area (Å²) in [6, 6.07) is 0. The molecule has 0 radical (unpaired) electrons. The van der Waals surface area contributed by atoms with Gasteiger partial charge in [-0.2, -0.15) is 0 Å². The molecule has 0 atom stereocenters. The number of hydrogen-bond donors (Lipinski definition) is 0. The maximum absolute atomic E-state index is 2.40. The van der Waals surface area contributed by atoms with Gasteiger partial charge in [0.25, 0.3) is 0 Å². The Morgan fingerprint density at radius 2 is 0.750 bits per heavy atom.